The molecule has 4 nitrogen and oxygen atoms in total. The lowest BCUT2D eigenvalue weighted by Crippen LogP contribution is -2.20. The molecule has 1 unspecified atom stereocenters. The Morgan fingerprint density at radius 2 is 1.53 bits per heavy atom. The summed E-state index contributed by atoms with van der Waals surface area (Å²) in [5.74, 6) is -1.00. The first kappa shape index (κ1) is 17.9. The highest BCUT2D eigenvalue weighted by molar-refractivity contribution is 5.74. The van der Waals surface area contributed by atoms with Crippen LogP contribution in [0.4, 0.5) is 0 Å². The molecule has 0 rings (SSSR count). The molecule has 0 aliphatic carbocycles. The van der Waals surface area contributed by atoms with Gasteiger partial charge in [0.15, 0.2) is 0 Å². The van der Waals surface area contributed by atoms with Gasteiger partial charge in [-0.25, -0.2) is 19.4 Å². The smallest absolute Gasteiger partial charge is 0.247 e. The third-order valence-corrected chi connectivity index (χ3v) is 3.08. The lowest BCUT2D eigenvalue weighted by molar-refractivity contribution is -0.262. The molecule has 0 aliphatic rings. The first-order valence-electron chi connectivity index (χ1n) is 7.56. The van der Waals surface area contributed by atoms with Crippen molar-refractivity contribution in [2.75, 3.05) is 0 Å². The molecule has 0 fully saturated rings. The predicted octanol–water partition coefficient (Wildman–Crippen LogP) is 4.17. The average molecular weight is 272 g/mol. The summed E-state index contributed by atoms with van der Waals surface area (Å²) < 4.78 is 0. The van der Waals surface area contributed by atoms with E-state index >= 15 is 0 Å². The van der Waals surface area contributed by atoms with Gasteiger partial charge < -0.3 is 0 Å². The first-order valence-corrected chi connectivity index (χ1v) is 7.56. The normalized spacial score (nSPS) is 11.9. The number of rotatable bonds is 10. The number of hydrogen-bond acceptors (Lipinski definition) is 4. The zero-order chi connectivity index (χ0) is 14.5. The van der Waals surface area contributed by atoms with Crippen LogP contribution >= 0.6 is 0 Å². The standard InChI is InChI=1S/C15H28O4/c1-4-7-9-11-13(10-6-3)15(17)19-18-14(16)12-8-5-2/h13H,4-12H2,1-3H3. The highest BCUT2D eigenvalue weighted by Crippen LogP contribution is 2.17. The monoisotopic (exact) mass is 272 g/mol. The molecule has 0 aromatic rings. The van der Waals surface area contributed by atoms with E-state index in [2.05, 4.69) is 16.7 Å². The summed E-state index contributed by atoms with van der Waals surface area (Å²) in [5, 5.41) is 0. The van der Waals surface area contributed by atoms with E-state index in [0.717, 1.165) is 51.4 Å². The van der Waals surface area contributed by atoms with Crippen molar-refractivity contribution in [3.8, 4) is 0 Å². The van der Waals surface area contributed by atoms with Crippen LogP contribution in [0.5, 0.6) is 0 Å². The second kappa shape index (κ2) is 12.0. The number of carbonyl (C=O) groups is 2. The number of unbranched alkanes of at least 4 members (excludes halogenated alkanes) is 3. The summed E-state index contributed by atoms with van der Waals surface area (Å²) in [7, 11) is 0. The van der Waals surface area contributed by atoms with E-state index in [9.17, 15) is 9.59 Å². The summed E-state index contributed by atoms with van der Waals surface area (Å²) in [6, 6.07) is 0. The Morgan fingerprint density at radius 1 is 0.842 bits per heavy atom. The minimum atomic E-state index is -0.459. The molecule has 112 valence electrons. The average Bonchev–Trinajstić information content (AvgIpc) is 2.41. The van der Waals surface area contributed by atoms with Crippen LogP contribution in [0, 0.1) is 5.92 Å². The minimum absolute atomic E-state index is 0.143. The van der Waals surface area contributed by atoms with Gasteiger partial charge in [0, 0.05) is 0 Å². The molecule has 19 heavy (non-hydrogen) atoms. The SMILES string of the molecule is CCCCCC(CCC)C(=O)OOC(=O)CCCC. The summed E-state index contributed by atoms with van der Waals surface area (Å²) in [6.45, 7) is 6.15. The van der Waals surface area contributed by atoms with Gasteiger partial charge in [-0.2, -0.15) is 0 Å². The van der Waals surface area contributed by atoms with Crippen molar-refractivity contribution >= 4 is 11.9 Å². The van der Waals surface area contributed by atoms with Crippen LogP contribution in [0.2, 0.25) is 0 Å². The van der Waals surface area contributed by atoms with E-state index < -0.39 is 11.9 Å². The fourth-order valence-electron chi connectivity index (χ4n) is 1.89. The van der Waals surface area contributed by atoms with Gasteiger partial charge in [0.05, 0.1) is 12.3 Å². The summed E-state index contributed by atoms with van der Waals surface area (Å²) in [6.07, 6.45) is 7.75. The highest BCUT2D eigenvalue weighted by Gasteiger charge is 2.21. The van der Waals surface area contributed by atoms with Crippen molar-refractivity contribution in [1.82, 2.24) is 0 Å². The molecule has 0 aromatic heterocycles. The van der Waals surface area contributed by atoms with Gasteiger partial charge >= 0.3 is 11.9 Å². The quantitative estimate of drug-likeness (QED) is 0.340. The molecule has 0 bridgehead atoms. The second-order valence-electron chi connectivity index (χ2n) is 4.94. The van der Waals surface area contributed by atoms with E-state index in [4.69, 9.17) is 0 Å². The molecule has 1 atom stereocenters. The van der Waals surface area contributed by atoms with Gasteiger partial charge in [-0.15, -0.1) is 0 Å². The first-order chi connectivity index (χ1) is 9.15. The molecule has 0 aromatic carbocycles. The topological polar surface area (TPSA) is 52.6 Å². The van der Waals surface area contributed by atoms with Crippen molar-refractivity contribution in [3.63, 3.8) is 0 Å². The van der Waals surface area contributed by atoms with E-state index in [1.54, 1.807) is 0 Å². The maximum atomic E-state index is 11.8. The Kier molecular flexibility index (Phi) is 11.3. The third kappa shape index (κ3) is 9.51. The maximum Gasteiger partial charge on any atom is 0.358 e. The number of hydrogen-bond donors (Lipinski definition) is 0. The molecular weight excluding hydrogens is 244 g/mol. The fraction of sp³-hybridized carbons (Fsp3) is 0.867. The molecule has 0 spiro atoms. The van der Waals surface area contributed by atoms with Crippen LogP contribution in [0.25, 0.3) is 0 Å². The summed E-state index contributed by atoms with van der Waals surface area (Å²) in [4.78, 5) is 32.3. The van der Waals surface area contributed by atoms with Gasteiger partial charge in [0.25, 0.3) is 0 Å². The summed E-state index contributed by atoms with van der Waals surface area (Å²) >= 11 is 0. The molecular formula is C15H28O4. The Morgan fingerprint density at radius 3 is 2.11 bits per heavy atom. The van der Waals surface area contributed by atoms with Crippen LogP contribution in [-0.4, -0.2) is 11.9 Å². The van der Waals surface area contributed by atoms with Gasteiger partial charge in [0.1, 0.15) is 0 Å². The highest BCUT2D eigenvalue weighted by atomic mass is 17.2. The molecule has 0 heterocycles. The van der Waals surface area contributed by atoms with Gasteiger partial charge in [0.2, 0.25) is 0 Å². The Balaban J connectivity index is 3.98. The lowest BCUT2D eigenvalue weighted by Gasteiger charge is -2.13. The van der Waals surface area contributed by atoms with Crippen LogP contribution in [0.1, 0.15) is 78.6 Å². The zero-order valence-corrected chi connectivity index (χ0v) is 12.6. The molecule has 0 saturated carbocycles. The van der Waals surface area contributed by atoms with E-state index in [-0.39, 0.29) is 5.92 Å². The Bertz CT molecular complexity index is 251. The molecule has 0 N–H and O–H groups in total. The predicted molar refractivity (Wildman–Crippen MR) is 74.2 cm³/mol. The summed E-state index contributed by atoms with van der Waals surface area (Å²) in [5.41, 5.74) is 0. The van der Waals surface area contributed by atoms with Gasteiger partial charge in [-0.05, 0) is 19.3 Å². The third-order valence-electron chi connectivity index (χ3n) is 3.08. The molecule has 0 radical (unpaired) electrons. The molecule has 0 saturated heterocycles. The fourth-order valence-corrected chi connectivity index (χ4v) is 1.89. The van der Waals surface area contributed by atoms with E-state index in [1.807, 2.05) is 13.8 Å². The van der Waals surface area contributed by atoms with Crippen molar-refractivity contribution < 1.29 is 19.4 Å². The Labute approximate surface area is 116 Å². The molecule has 4 heteroatoms. The van der Waals surface area contributed by atoms with Gasteiger partial charge in [-0.3, -0.25) is 0 Å². The van der Waals surface area contributed by atoms with Gasteiger partial charge in [-0.1, -0.05) is 52.9 Å². The molecule has 0 aliphatic heterocycles. The van der Waals surface area contributed by atoms with Crippen molar-refractivity contribution in [1.29, 1.82) is 0 Å². The minimum Gasteiger partial charge on any atom is -0.247 e. The van der Waals surface area contributed by atoms with E-state index in [0.29, 0.717) is 6.42 Å². The van der Waals surface area contributed by atoms with Crippen LogP contribution < -0.4 is 0 Å². The number of carbonyl (C=O) groups excluding carboxylic acids is 2. The second-order valence-corrected chi connectivity index (χ2v) is 4.94. The Hall–Kier alpha value is -1.06. The van der Waals surface area contributed by atoms with Crippen LogP contribution in [0.3, 0.4) is 0 Å². The van der Waals surface area contributed by atoms with E-state index in [1.165, 1.54) is 0 Å². The maximum absolute atomic E-state index is 11.8. The van der Waals surface area contributed by atoms with Crippen LogP contribution in [0.15, 0.2) is 0 Å². The molecule has 0 amide bonds. The van der Waals surface area contributed by atoms with Crippen molar-refractivity contribution in [3.05, 3.63) is 0 Å². The zero-order valence-electron chi connectivity index (χ0n) is 12.6. The lowest BCUT2D eigenvalue weighted by atomic mass is 9.97. The van der Waals surface area contributed by atoms with Crippen molar-refractivity contribution in [2.24, 2.45) is 5.92 Å². The van der Waals surface area contributed by atoms with Crippen LogP contribution in [-0.2, 0) is 19.4 Å². The van der Waals surface area contributed by atoms with Crippen molar-refractivity contribution in [2.45, 2.75) is 78.6 Å². The largest absolute Gasteiger partial charge is 0.358 e.